The number of benzene rings is 2. The van der Waals surface area contributed by atoms with Crippen LogP contribution in [0.1, 0.15) is 43.5 Å². The Kier molecular flexibility index (Phi) is 5.52. The van der Waals surface area contributed by atoms with Crippen molar-refractivity contribution in [3.63, 3.8) is 0 Å². The first-order valence-electron chi connectivity index (χ1n) is 7.85. The third kappa shape index (κ3) is 3.89. The number of amides is 1. The molecule has 0 bridgehead atoms. The fourth-order valence-electron chi connectivity index (χ4n) is 3.00. The molecule has 0 spiro atoms. The second-order valence-electron chi connectivity index (χ2n) is 6.55. The van der Waals surface area contributed by atoms with Crippen molar-refractivity contribution in [1.29, 1.82) is 0 Å². The third-order valence-corrected chi connectivity index (χ3v) is 4.13. The van der Waals surface area contributed by atoms with Gasteiger partial charge in [-0.25, -0.2) is 0 Å². The average Bonchev–Trinajstić information content (AvgIpc) is 2.54. The third-order valence-electron chi connectivity index (χ3n) is 4.13. The Labute approximate surface area is 148 Å². The number of carbonyl (C=O) groups excluding carboxylic acids is 1. The van der Waals surface area contributed by atoms with Gasteiger partial charge in [-0.3, -0.25) is 4.79 Å². The molecule has 0 aliphatic carbocycles. The number of fused-ring (bicyclic) bond motifs is 1. The molecular weight excluding hydrogens is 324 g/mol. The van der Waals surface area contributed by atoms with Gasteiger partial charge in [0, 0.05) is 12.0 Å². The quantitative estimate of drug-likeness (QED) is 0.893. The molecule has 0 aromatic heterocycles. The zero-order valence-corrected chi connectivity index (χ0v) is 14.7. The molecule has 1 aliphatic heterocycles. The Morgan fingerprint density at radius 2 is 1.79 bits per heavy atom. The maximum absolute atomic E-state index is 12.6. The van der Waals surface area contributed by atoms with Crippen molar-refractivity contribution >= 4 is 18.3 Å². The van der Waals surface area contributed by atoms with Gasteiger partial charge in [-0.05, 0) is 25.5 Å². The molecule has 0 saturated heterocycles. The zero-order valence-electron chi connectivity index (χ0n) is 13.9. The van der Waals surface area contributed by atoms with Crippen molar-refractivity contribution in [3.8, 4) is 5.75 Å². The van der Waals surface area contributed by atoms with E-state index in [-0.39, 0.29) is 30.0 Å². The number of hydrogen-bond acceptors (Lipinski definition) is 3. The molecule has 2 unspecified atom stereocenters. The van der Waals surface area contributed by atoms with Gasteiger partial charge in [-0.2, -0.15) is 0 Å². The van der Waals surface area contributed by atoms with Crippen molar-refractivity contribution in [1.82, 2.24) is 5.32 Å². The Bertz CT molecular complexity index is 704. The van der Waals surface area contributed by atoms with Gasteiger partial charge in [0.2, 0.25) is 5.91 Å². The summed E-state index contributed by atoms with van der Waals surface area (Å²) >= 11 is 0. The van der Waals surface area contributed by atoms with Crippen molar-refractivity contribution in [3.05, 3.63) is 65.7 Å². The minimum Gasteiger partial charge on any atom is -0.487 e. The summed E-state index contributed by atoms with van der Waals surface area (Å²) < 4.78 is 5.99. The van der Waals surface area contributed by atoms with Crippen LogP contribution in [0.5, 0.6) is 5.75 Å². The van der Waals surface area contributed by atoms with Gasteiger partial charge in [-0.15, -0.1) is 12.4 Å². The summed E-state index contributed by atoms with van der Waals surface area (Å²) in [6, 6.07) is 16.5. The molecule has 3 rings (SSSR count). The number of halogens is 1. The molecule has 0 saturated carbocycles. The summed E-state index contributed by atoms with van der Waals surface area (Å²) in [6.07, 6.45) is 0.706. The lowest BCUT2D eigenvalue weighted by molar-refractivity contribution is -0.123. The Balaban J connectivity index is 0.00000208. The molecule has 0 fully saturated rings. The Morgan fingerprint density at radius 1 is 1.17 bits per heavy atom. The van der Waals surface area contributed by atoms with Gasteiger partial charge in [0.25, 0.3) is 0 Å². The van der Waals surface area contributed by atoms with Gasteiger partial charge >= 0.3 is 0 Å². The van der Waals surface area contributed by atoms with E-state index in [0.29, 0.717) is 6.42 Å². The van der Waals surface area contributed by atoms with Gasteiger partial charge in [0.05, 0.1) is 6.04 Å². The van der Waals surface area contributed by atoms with Crippen molar-refractivity contribution in [2.24, 2.45) is 5.73 Å². The average molecular weight is 347 g/mol. The molecule has 4 nitrogen and oxygen atoms in total. The minimum atomic E-state index is -0.672. The molecule has 5 heteroatoms. The van der Waals surface area contributed by atoms with Gasteiger partial charge < -0.3 is 15.8 Å². The fourth-order valence-corrected chi connectivity index (χ4v) is 3.00. The lowest BCUT2D eigenvalue weighted by Gasteiger charge is -2.38. The van der Waals surface area contributed by atoms with E-state index >= 15 is 0 Å². The topological polar surface area (TPSA) is 64.4 Å². The van der Waals surface area contributed by atoms with Crippen LogP contribution in [0.25, 0.3) is 0 Å². The number of nitrogens with one attached hydrogen (secondary N) is 1. The molecule has 128 valence electrons. The van der Waals surface area contributed by atoms with E-state index in [4.69, 9.17) is 10.5 Å². The normalized spacial score (nSPS) is 19.2. The fraction of sp³-hybridized carbons (Fsp3) is 0.316. The number of para-hydroxylation sites is 1. The molecular formula is C19H23ClN2O2. The van der Waals surface area contributed by atoms with Crippen LogP contribution >= 0.6 is 12.4 Å². The maximum Gasteiger partial charge on any atom is 0.242 e. The monoisotopic (exact) mass is 346 g/mol. The zero-order chi connectivity index (χ0) is 16.4. The molecule has 1 aliphatic rings. The van der Waals surface area contributed by atoms with Crippen LogP contribution in [0.3, 0.4) is 0 Å². The van der Waals surface area contributed by atoms with E-state index in [0.717, 1.165) is 16.9 Å². The van der Waals surface area contributed by atoms with Crippen LogP contribution in [-0.4, -0.2) is 11.5 Å². The van der Waals surface area contributed by atoms with Crippen LogP contribution in [0.2, 0.25) is 0 Å². The van der Waals surface area contributed by atoms with E-state index in [1.54, 1.807) is 0 Å². The van der Waals surface area contributed by atoms with E-state index in [9.17, 15) is 4.79 Å². The first-order chi connectivity index (χ1) is 11.0. The highest BCUT2D eigenvalue weighted by Crippen LogP contribution is 2.39. The van der Waals surface area contributed by atoms with Crippen LogP contribution in [-0.2, 0) is 4.79 Å². The number of nitrogens with two attached hydrogens (primary N) is 1. The van der Waals surface area contributed by atoms with Crippen LogP contribution in [0.15, 0.2) is 54.6 Å². The molecule has 1 heterocycles. The summed E-state index contributed by atoms with van der Waals surface area (Å²) in [5.41, 5.74) is 7.58. The van der Waals surface area contributed by atoms with Gasteiger partial charge in [0.15, 0.2) is 0 Å². The highest BCUT2D eigenvalue weighted by atomic mass is 35.5. The highest BCUT2D eigenvalue weighted by molar-refractivity contribution is 5.85. The molecule has 2 aromatic rings. The van der Waals surface area contributed by atoms with Gasteiger partial charge in [0.1, 0.15) is 17.4 Å². The van der Waals surface area contributed by atoms with Crippen molar-refractivity contribution in [2.75, 3.05) is 0 Å². The van der Waals surface area contributed by atoms with Crippen LogP contribution in [0.4, 0.5) is 0 Å². The largest absolute Gasteiger partial charge is 0.487 e. The van der Waals surface area contributed by atoms with E-state index < -0.39 is 6.04 Å². The summed E-state index contributed by atoms with van der Waals surface area (Å²) in [5.74, 6) is 0.649. The van der Waals surface area contributed by atoms with Crippen LogP contribution in [0, 0.1) is 0 Å². The summed E-state index contributed by atoms with van der Waals surface area (Å²) in [6.45, 7) is 4.05. The van der Waals surface area contributed by atoms with E-state index in [1.165, 1.54) is 0 Å². The highest BCUT2D eigenvalue weighted by Gasteiger charge is 2.35. The summed E-state index contributed by atoms with van der Waals surface area (Å²) in [7, 11) is 0. The Hall–Kier alpha value is -2.04. The first kappa shape index (κ1) is 18.3. The molecule has 1 amide bonds. The van der Waals surface area contributed by atoms with Crippen molar-refractivity contribution < 1.29 is 9.53 Å². The maximum atomic E-state index is 12.6. The molecule has 2 aromatic carbocycles. The number of carbonyl (C=O) groups is 1. The second kappa shape index (κ2) is 7.24. The number of hydrogen-bond donors (Lipinski definition) is 2. The van der Waals surface area contributed by atoms with E-state index in [1.807, 2.05) is 68.4 Å². The smallest absolute Gasteiger partial charge is 0.242 e. The predicted octanol–water partition coefficient (Wildman–Crippen LogP) is 3.53. The molecule has 2 atom stereocenters. The van der Waals surface area contributed by atoms with Crippen LogP contribution < -0.4 is 15.8 Å². The van der Waals surface area contributed by atoms with Crippen molar-refractivity contribution in [2.45, 2.75) is 38.0 Å². The lowest BCUT2D eigenvalue weighted by Crippen LogP contribution is -2.43. The molecule has 3 N–H and O–H groups in total. The molecule has 24 heavy (non-hydrogen) atoms. The molecule has 0 radical (unpaired) electrons. The summed E-state index contributed by atoms with van der Waals surface area (Å²) in [4.78, 5) is 12.6. The second-order valence-corrected chi connectivity index (χ2v) is 6.55. The first-order valence-corrected chi connectivity index (χ1v) is 7.85. The van der Waals surface area contributed by atoms with Gasteiger partial charge in [-0.1, -0.05) is 48.5 Å². The standard InChI is InChI=1S/C19H22N2O2.ClH/c1-19(2)12-15(14-10-6-7-11-16(14)23-19)21-18(22)17(20)13-8-4-3-5-9-13;/h3-11,15,17H,12,20H2,1-2H3,(H,21,22);1H. The van der Waals surface area contributed by atoms with E-state index in [2.05, 4.69) is 5.32 Å². The number of ether oxygens (including phenoxy) is 1. The minimum absolute atomic E-state index is 0. The predicted molar refractivity (Wildman–Crippen MR) is 97.3 cm³/mol. The SMILES string of the molecule is CC1(C)CC(NC(=O)C(N)c2ccccc2)c2ccccc2O1.Cl. The lowest BCUT2D eigenvalue weighted by atomic mass is 9.89. The number of rotatable bonds is 3. The Morgan fingerprint density at radius 3 is 2.50 bits per heavy atom. The summed E-state index contributed by atoms with van der Waals surface area (Å²) in [5, 5.41) is 3.08.